The molecular weight excluding hydrogens is 1240 g/mol. The Bertz CT molecular complexity index is 3880. The summed E-state index contributed by atoms with van der Waals surface area (Å²) < 4.78 is 52.0. The van der Waals surface area contributed by atoms with E-state index in [0.29, 0.717) is 36.4 Å². The number of H-pyrrole nitrogens is 1. The fourth-order valence-corrected chi connectivity index (χ4v) is 11.5. The van der Waals surface area contributed by atoms with Crippen LogP contribution in [-0.2, 0) is 37.6 Å². The Hall–Kier alpha value is -7.97. The predicted molar refractivity (Wildman–Crippen MR) is 342 cm³/mol. The Morgan fingerprint density at radius 1 is 1.01 bits per heavy atom. The molecule has 7 rings (SSSR count). The molecule has 27 nitrogen and oxygen atoms in total. The van der Waals surface area contributed by atoms with E-state index >= 15 is 0 Å². The molecule has 1 fully saturated rings. The number of carbonyl (C=O) groups excluding carboxylic acids is 4. The third-order valence-corrected chi connectivity index (χ3v) is 16.4. The number of ether oxygens (including phenoxy) is 5. The molecule has 1 saturated heterocycles. The maximum absolute atomic E-state index is 14.3. The molecule has 4 amide bonds. The number of aromatic amines is 1. The van der Waals surface area contributed by atoms with Crippen molar-refractivity contribution in [2.75, 3.05) is 90.9 Å². The van der Waals surface area contributed by atoms with Crippen molar-refractivity contribution in [3.8, 4) is 40.0 Å². The molecule has 486 valence electrons. The maximum Gasteiger partial charge on any atom is 0.330 e. The average Bonchev–Trinajstić information content (AvgIpc) is 1.20. The van der Waals surface area contributed by atoms with Gasteiger partial charge in [-0.15, -0.1) is 0 Å². The fraction of sp³-hybridized carbons (Fsp3) is 0.426. The van der Waals surface area contributed by atoms with Crippen LogP contribution in [0, 0.1) is 25.7 Å². The van der Waals surface area contributed by atoms with Crippen LogP contribution in [0.15, 0.2) is 103 Å². The monoisotopic (exact) mass is 1310 g/mol. The van der Waals surface area contributed by atoms with Gasteiger partial charge in [-0.3, -0.25) is 43.1 Å². The van der Waals surface area contributed by atoms with Gasteiger partial charge in [0.2, 0.25) is 11.8 Å². The first-order valence-electron chi connectivity index (χ1n) is 29.1. The number of benzene rings is 4. The van der Waals surface area contributed by atoms with Crippen LogP contribution < -0.4 is 47.5 Å². The first-order valence-corrected chi connectivity index (χ1v) is 33.2. The largest absolute Gasteiger partial charge is 0.756 e. The topological polar surface area (TPSA) is 364 Å². The number of anilines is 1. The first-order chi connectivity index (χ1) is 43.7. The number of phosphoric ester groups is 1. The van der Waals surface area contributed by atoms with Gasteiger partial charge in [-0.2, -0.15) is 0 Å². The van der Waals surface area contributed by atoms with Crippen LogP contribution in [0.2, 0.25) is 0 Å². The lowest BCUT2D eigenvalue weighted by molar-refractivity contribution is -0.223. The molecule has 1 aromatic heterocycles. The number of aromatic nitrogens is 2. The number of fused-ring (bicyclic) bond motifs is 2. The standard InChI is InChI=1S/C61H74N11O16PS2/c1-8-63-47-30-49-45(27-37(47)3)57(46-28-38(4)48(64-9-2)31-50(46)87-49)43-18-10-11-19-44(43)60(77)71(6)24-14-20-53(73)66-22-23-67-58(75)40-15-12-17-42(29-40)84-36-55(69-70-62)83-26-25-82-35-54(74)65-21-13-16-41-33-72(61(78)68-59(41)76)56-32-51(86-39(5)91-90-7)52(88-56)34-85-89(79,80)81/h10-12,15,17-19,27-31,33,39,51-52,55-56,63H,8-9,14,20-26,32,34-36H2,1-7H3,(H,65,74)(H,66,73)(H,67,75)(H,68,76,78)(H2,79,80,81)/p-1/t39-,51?,52-,55?,56-/m1/s1. The van der Waals surface area contributed by atoms with Crippen molar-refractivity contribution in [3.63, 3.8) is 0 Å². The zero-order chi connectivity index (χ0) is 65.6. The van der Waals surface area contributed by atoms with Crippen molar-refractivity contribution in [3.05, 3.63) is 143 Å². The molecule has 3 aromatic carbocycles. The van der Waals surface area contributed by atoms with E-state index in [1.165, 1.54) is 27.7 Å². The lowest BCUT2D eigenvalue weighted by atomic mass is 9.89. The van der Waals surface area contributed by atoms with Crippen LogP contribution in [0.5, 0.6) is 5.75 Å². The lowest BCUT2D eigenvalue weighted by Crippen LogP contribution is -2.35. The Balaban J connectivity index is 0.806. The summed E-state index contributed by atoms with van der Waals surface area (Å²) >= 11 is 0. The summed E-state index contributed by atoms with van der Waals surface area (Å²) in [5.74, 6) is 4.71. The number of nitrogens with zero attached hydrogens (tertiary/aromatic N) is 6. The molecule has 3 aliphatic rings. The van der Waals surface area contributed by atoms with Gasteiger partial charge in [-0.25, -0.2) is 4.79 Å². The van der Waals surface area contributed by atoms with Gasteiger partial charge < -0.3 is 68.6 Å². The van der Waals surface area contributed by atoms with Gasteiger partial charge >= 0.3 is 5.69 Å². The van der Waals surface area contributed by atoms with Gasteiger partial charge in [0.25, 0.3) is 25.2 Å². The summed E-state index contributed by atoms with van der Waals surface area (Å²) in [6, 6.07) is 21.9. The third kappa shape index (κ3) is 20.5. The molecule has 91 heavy (non-hydrogen) atoms. The number of rotatable bonds is 32. The van der Waals surface area contributed by atoms with E-state index in [1.807, 2.05) is 70.3 Å². The summed E-state index contributed by atoms with van der Waals surface area (Å²) in [7, 11) is -0.552. The van der Waals surface area contributed by atoms with Crippen molar-refractivity contribution in [1.82, 2.24) is 30.4 Å². The molecule has 2 aliphatic heterocycles. The van der Waals surface area contributed by atoms with Crippen LogP contribution in [-0.4, -0.2) is 152 Å². The van der Waals surface area contributed by atoms with Gasteiger partial charge in [0.15, 0.2) is 6.23 Å². The zero-order valence-electron chi connectivity index (χ0n) is 51.3. The minimum atomic E-state index is -5.10. The van der Waals surface area contributed by atoms with E-state index < -0.39 is 68.8 Å². The molecule has 0 spiro atoms. The lowest BCUT2D eigenvalue weighted by Gasteiger charge is -2.24. The van der Waals surface area contributed by atoms with Gasteiger partial charge in [0.1, 0.15) is 53.6 Å². The normalized spacial score (nSPS) is 16.0. The molecule has 3 unspecified atom stereocenters. The second-order valence-electron chi connectivity index (χ2n) is 20.6. The summed E-state index contributed by atoms with van der Waals surface area (Å²) in [5.41, 5.74) is 13.9. The highest BCUT2D eigenvalue weighted by Gasteiger charge is 2.39. The number of aryl methyl sites for hydroxylation is 2. The maximum atomic E-state index is 14.3. The van der Waals surface area contributed by atoms with Crippen LogP contribution in [0.1, 0.15) is 83.7 Å². The van der Waals surface area contributed by atoms with Crippen molar-refractivity contribution < 1.29 is 66.2 Å². The van der Waals surface area contributed by atoms with E-state index in [9.17, 15) is 38.2 Å². The minimum Gasteiger partial charge on any atom is -0.756 e. The average molecular weight is 1310 g/mol. The summed E-state index contributed by atoms with van der Waals surface area (Å²) in [4.78, 5) is 110. The number of carbonyl (C=O) groups is 4. The van der Waals surface area contributed by atoms with Crippen molar-refractivity contribution in [2.24, 2.45) is 10.1 Å². The Kier molecular flexibility index (Phi) is 26.7. The molecule has 3 heterocycles. The van der Waals surface area contributed by atoms with Gasteiger partial charge in [0.05, 0.1) is 37.8 Å². The summed E-state index contributed by atoms with van der Waals surface area (Å²) in [5, 5.41) is 16.8. The summed E-state index contributed by atoms with van der Waals surface area (Å²) in [6.45, 7) is 10.1. The van der Waals surface area contributed by atoms with E-state index in [1.54, 1.807) is 37.1 Å². The Morgan fingerprint density at radius 3 is 2.56 bits per heavy atom. The highest BCUT2D eigenvalue weighted by molar-refractivity contribution is 8.76. The second kappa shape index (κ2) is 34.5. The van der Waals surface area contributed by atoms with Gasteiger partial charge in [-0.1, -0.05) is 62.8 Å². The Morgan fingerprint density at radius 2 is 1.80 bits per heavy atom. The molecule has 30 heteroatoms. The Labute approximate surface area is 532 Å². The van der Waals surface area contributed by atoms with Gasteiger partial charge in [0, 0.05) is 109 Å². The van der Waals surface area contributed by atoms with Crippen LogP contribution >= 0.6 is 29.4 Å². The smallest absolute Gasteiger partial charge is 0.330 e. The number of nitrogens with one attached hydrogen (secondary N) is 5. The minimum absolute atomic E-state index is 0.0573. The molecule has 6 atom stereocenters. The summed E-state index contributed by atoms with van der Waals surface area (Å²) in [6.07, 6.45) is -0.301. The number of hydrogen-bond donors (Lipinski definition) is 6. The molecule has 1 aliphatic carbocycles. The quantitative estimate of drug-likeness (QED) is 0.00317. The SMILES string of the molecule is CCN=c1cc2oc3cc(NCC)c(C)cc3c(-c3ccccc3C(=O)N(C)CCCC(=O)NCCNC(=O)c3cccc(OCC(N=[N+]=[N-])OCCOCC(=O)NCC#Cc4cn([C@H]5CC(O[C@@H](C)SSC)[C@@H](COP(=O)([O-])O)O5)c(=O)[nH]c4=O)c3)c-2cc1C. The second-order valence-corrected chi connectivity index (χ2v) is 24.6. The number of phosphoric acid groups is 1. The molecular formula is C61H73N11O16PS2-. The first kappa shape index (κ1) is 70.5. The van der Waals surface area contributed by atoms with Crippen LogP contribution in [0.25, 0.3) is 43.9 Å². The van der Waals surface area contributed by atoms with Crippen LogP contribution in [0.4, 0.5) is 5.69 Å². The molecule has 0 saturated carbocycles. The fourth-order valence-electron chi connectivity index (χ4n) is 9.77. The van der Waals surface area contributed by atoms with Crippen LogP contribution in [0.3, 0.4) is 0 Å². The van der Waals surface area contributed by atoms with Crippen molar-refractivity contribution in [2.45, 2.75) is 84.0 Å². The van der Waals surface area contributed by atoms with E-state index in [-0.39, 0.29) is 86.4 Å². The highest BCUT2D eigenvalue weighted by atomic mass is 33.1. The molecule has 0 radical (unpaired) electrons. The molecule has 4 aromatic rings. The number of azide groups is 1. The van der Waals surface area contributed by atoms with E-state index in [0.717, 1.165) is 61.6 Å². The predicted octanol–water partition coefficient (Wildman–Crippen LogP) is 6.15. The number of hydrogen-bond acceptors (Lipinski definition) is 20. The van der Waals surface area contributed by atoms with E-state index in [2.05, 4.69) is 69.8 Å². The number of amides is 4. The molecule has 6 N–H and O–H groups in total. The highest BCUT2D eigenvalue weighted by Crippen LogP contribution is 2.43. The third-order valence-electron chi connectivity index (χ3n) is 14.0. The van der Waals surface area contributed by atoms with E-state index in [4.69, 9.17) is 38.5 Å². The molecule has 0 bridgehead atoms. The van der Waals surface area contributed by atoms with Crippen molar-refractivity contribution in [1.29, 1.82) is 0 Å². The van der Waals surface area contributed by atoms with Gasteiger partial charge in [-0.05, 0) is 106 Å². The van der Waals surface area contributed by atoms with Crippen molar-refractivity contribution >= 4 is 69.7 Å². The zero-order valence-corrected chi connectivity index (χ0v) is 53.8.